The monoisotopic (exact) mass is 510 g/mol. The Labute approximate surface area is 213 Å². The molecule has 12 nitrogen and oxygen atoms in total. The Kier molecular flexibility index (Phi) is 9.92. The SMILES string of the molecule is CC(C)(C)OC(=O)NC(=N)C(C1CCNCC1)N1CC(CN2CCN(CCCC(=O)O)CC2)OC1=O. The summed E-state index contributed by atoms with van der Waals surface area (Å²) in [6.45, 7) is 12.0. The van der Waals surface area contributed by atoms with Crippen LogP contribution in [-0.4, -0.2) is 120 Å². The zero-order chi connectivity index (χ0) is 26.3. The number of carbonyl (C=O) groups is 3. The van der Waals surface area contributed by atoms with E-state index >= 15 is 0 Å². The molecule has 0 saturated carbocycles. The number of piperidine rings is 1. The molecule has 3 heterocycles. The van der Waals surface area contributed by atoms with E-state index in [1.807, 2.05) is 0 Å². The first-order valence-electron chi connectivity index (χ1n) is 12.9. The number of piperazine rings is 1. The van der Waals surface area contributed by atoms with E-state index in [2.05, 4.69) is 20.4 Å². The highest BCUT2D eigenvalue weighted by molar-refractivity contribution is 5.98. The molecule has 3 fully saturated rings. The summed E-state index contributed by atoms with van der Waals surface area (Å²) in [5.74, 6) is -0.767. The lowest BCUT2D eigenvalue weighted by molar-refractivity contribution is -0.137. The van der Waals surface area contributed by atoms with E-state index < -0.39 is 29.8 Å². The van der Waals surface area contributed by atoms with Crippen LogP contribution in [0.3, 0.4) is 0 Å². The van der Waals surface area contributed by atoms with Gasteiger partial charge in [0.1, 0.15) is 17.5 Å². The minimum Gasteiger partial charge on any atom is -0.481 e. The first-order valence-corrected chi connectivity index (χ1v) is 12.9. The van der Waals surface area contributed by atoms with Gasteiger partial charge < -0.3 is 24.8 Å². The Morgan fingerprint density at radius 2 is 1.83 bits per heavy atom. The Morgan fingerprint density at radius 3 is 2.44 bits per heavy atom. The number of aliphatic carboxylic acids is 1. The van der Waals surface area contributed by atoms with Crippen LogP contribution in [-0.2, 0) is 14.3 Å². The fourth-order valence-corrected chi connectivity index (χ4v) is 5.09. The first kappa shape index (κ1) is 28.1. The van der Waals surface area contributed by atoms with Gasteiger partial charge >= 0.3 is 18.2 Å². The topological polar surface area (TPSA) is 148 Å². The average molecular weight is 511 g/mol. The number of amidine groups is 1. The van der Waals surface area contributed by atoms with Crippen molar-refractivity contribution < 1.29 is 29.0 Å². The summed E-state index contributed by atoms with van der Waals surface area (Å²) in [5, 5.41) is 23.3. The third-order valence-electron chi connectivity index (χ3n) is 6.79. The Hall–Kier alpha value is -2.44. The number of cyclic esters (lactones) is 1. The van der Waals surface area contributed by atoms with Gasteiger partial charge in [-0.05, 0) is 65.6 Å². The smallest absolute Gasteiger partial charge is 0.413 e. The van der Waals surface area contributed by atoms with E-state index in [0.29, 0.717) is 19.5 Å². The molecule has 0 spiro atoms. The van der Waals surface area contributed by atoms with Crippen molar-refractivity contribution in [2.75, 3.05) is 58.9 Å². The Bertz CT molecular complexity index is 788. The normalized spacial score (nSPS) is 23.2. The summed E-state index contributed by atoms with van der Waals surface area (Å²) in [5.41, 5.74) is -0.688. The molecule has 204 valence electrons. The van der Waals surface area contributed by atoms with Crippen LogP contribution in [0.25, 0.3) is 0 Å². The molecule has 3 aliphatic rings. The molecule has 2 atom stereocenters. The van der Waals surface area contributed by atoms with Crippen LogP contribution in [0.15, 0.2) is 0 Å². The minimum absolute atomic E-state index is 0.0364. The van der Waals surface area contributed by atoms with Crippen molar-refractivity contribution in [1.29, 1.82) is 5.41 Å². The van der Waals surface area contributed by atoms with Crippen LogP contribution in [0.4, 0.5) is 9.59 Å². The summed E-state index contributed by atoms with van der Waals surface area (Å²) >= 11 is 0. The molecule has 0 aliphatic carbocycles. The molecule has 0 aromatic heterocycles. The van der Waals surface area contributed by atoms with Gasteiger partial charge in [0, 0.05) is 39.1 Å². The number of carbonyl (C=O) groups excluding carboxylic acids is 2. The van der Waals surface area contributed by atoms with Gasteiger partial charge in [0.25, 0.3) is 0 Å². The van der Waals surface area contributed by atoms with Gasteiger partial charge in [0.05, 0.1) is 12.6 Å². The minimum atomic E-state index is -0.765. The van der Waals surface area contributed by atoms with Gasteiger partial charge in [0.2, 0.25) is 0 Å². The van der Waals surface area contributed by atoms with Gasteiger partial charge in [-0.25, -0.2) is 9.59 Å². The summed E-state index contributed by atoms with van der Waals surface area (Å²) in [4.78, 5) is 42.1. The van der Waals surface area contributed by atoms with Crippen molar-refractivity contribution in [3.63, 3.8) is 0 Å². The highest BCUT2D eigenvalue weighted by atomic mass is 16.6. The molecule has 0 bridgehead atoms. The molecule has 12 heteroatoms. The van der Waals surface area contributed by atoms with E-state index in [0.717, 1.165) is 58.7 Å². The molecular weight excluding hydrogens is 468 g/mol. The summed E-state index contributed by atoms with van der Waals surface area (Å²) in [6, 6.07) is -0.580. The summed E-state index contributed by atoms with van der Waals surface area (Å²) < 4.78 is 11.0. The molecule has 3 rings (SSSR count). The number of hydrogen-bond acceptors (Lipinski definition) is 9. The quantitative estimate of drug-likeness (QED) is 0.265. The summed E-state index contributed by atoms with van der Waals surface area (Å²) in [6.07, 6.45) is 0.955. The fourth-order valence-electron chi connectivity index (χ4n) is 5.09. The van der Waals surface area contributed by atoms with Crippen LogP contribution in [0.1, 0.15) is 46.5 Å². The maximum atomic E-state index is 12.9. The van der Waals surface area contributed by atoms with Crippen molar-refractivity contribution >= 4 is 24.0 Å². The molecule has 0 aromatic carbocycles. The van der Waals surface area contributed by atoms with Crippen molar-refractivity contribution in [2.45, 2.75) is 64.2 Å². The maximum Gasteiger partial charge on any atom is 0.413 e. The Balaban J connectivity index is 1.55. The number of nitrogens with zero attached hydrogens (tertiary/aromatic N) is 3. The molecule has 0 radical (unpaired) electrons. The largest absolute Gasteiger partial charge is 0.481 e. The fraction of sp³-hybridized carbons (Fsp3) is 0.833. The number of carboxylic acids is 1. The van der Waals surface area contributed by atoms with Crippen LogP contribution >= 0.6 is 0 Å². The lowest BCUT2D eigenvalue weighted by Gasteiger charge is -2.36. The lowest BCUT2D eigenvalue weighted by atomic mass is 9.88. The van der Waals surface area contributed by atoms with E-state index in [1.165, 1.54) is 0 Å². The van der Waals surface area contributed by atoms with Gasteiger partial charge in [-0.1, -0.05) is 0 Å². The van der Waals surface area contributed by atoms with Crippen LogP contribution in [0.5, 0.6) is 0 Å². The van der Waals surface area contributed by atoms with E-state index in [-0.39, 0.29) is 24.3 Å². The van der Waals surface area contributed by atoms with Crippen LogP contribution in [0, 0.1) is 11.3 Å². The van der Waals surface area contributed by atoms with E-state index in [1.54, 1.807) is 25.7 Å². The van der Waals surface area contributed by atoms with Crippen molar-refractivity contribution in [3.05, 3.63) is 0 Å². The second-order valence-corrected chi connectivity index (χ2v) is 10.9. The third kappa shape index (κ3) is 8.59. The number of amides is 2. The molecule has 3 saturated heterocycles. The number of rotatable bonds is 9. The number of nitrogens with one attached hydrogen (secondary N) is 3. The van der Waals surface area contributed by atoms with Gasteiger partial charge in [-0.2, -0.15) is 0 Å². The molecule has 2 unspecified atom stereocenters. The highest BCUT2D eigenvalue weighted by Gasteiger charge is 2.43. The Morgan fingerprint density at radius 1 is 1.19 bits per heavy atom. The standard InChI is InChI=1S/C24H42N6O6/c1-24(2,3)36-22(33)27-21(25)20(17-6-8-26-9-7-17)30-16-18(35-23(30)34)15-29-13-11-28(12-14-29)10-4-5-19(31)32/h17-18,20,26H,4-16H2,1-3H3,(H,31,32)(H2,25,27,33). The van der Waals surface area contributed by atoms with Crippen molar-refractivity contribution in [3.8, 4) is 0 Å². The average Bonchev–Trinajstić information content (AvgIpc) is 3.13. The molecule has 36 heavy (non-hydrogen) atoms. The highest BCUT2D eigenvalue weighted by Crippen LogP contribution is 2.26. The first-order chi connectivity index (χ1) is 17.0. The summed E-state index contributed by atoms with van der Waals surface area (Å²) in [7, 11) is 0. The molecule has 0 aromatic rings. The maximum absolute atomic E-state index is 12.9. The van der Waals surface area contributed by atoms with Gasteiger partial charge in [-0.3, -0.25) is 25.3 Å². The number of alkyl carbamates (subject to hydrolysis) is 1. The third-order valence-corrected chi connectivity index (χ3v) is 6.79. The zero-order valence-electron chi connectivity index (χ0n) is 21.8. The molecule has 4 N–H and O–H groups in total. The van der Waals surface area contributed by atoms with Gasteiger partial charge in [0.15, 0.2) is 0 Å². The number of hydrogen-bond donors (Lipinski definition) is 4. The molecule has 2 amide bonds. The lowest BCUT2D eigenvalue weighted by Crippen LogP contribution is -2.55. The second-order valence-electron chi connectivity index (χ2n) is 10.9. The van der Waals surface area contributed by atoms with Crippen molar-refractivity contribution in [1.82, 2.24) is 25.3 Å². The van der Waals surface area contributed by atoms with Crippen LogP contribution in [0.2, 0.25) is 0 Å². The molecular formula is C24H42N6O6. The zero-order valence-corrected chi connectivity index (χ0v) is 21.8. The predicted octanol–water partition coefficient (Wildman–Crippen LogP) is 1.16. The molecule has 3 aliphatic heterocycles. The van der Waals surface area contributed by atoms with E-state index in [9.17, 15) is 14.4 Å². The van der Waals surface area contributed by atoms with Crippen LogP contribution < -0.4 is 10.6 Å². The van der Waals surface area contributed by atoms with E-state index in [4.69, 9.17) is 20.0 Å². The predicted molar refractivity (Wildman–Crippen MR) is 133 cm³/mol. The second kappa shape index (κ2) is 12.7. The number of ether oxygens (including phenoxy) is 2. The number of carboxylic acid groups (broad SMARTS) is 1. The van der Waals surface area contributed by atoms with Crippen molar-refractivity contribution in [2.24, 2.45) is 5.92 Å². The van der Waals surface area contributed by atoms with Gasteiger partial charge in [-0.15, -0.1) is 0 Å².